The van der Waals surface area contributed by atoms with E-state index in [-0.39, 0.29) is 37.9 Å². The Morgan fingerprint density at radius 2 is 1.43 bits per heavy atom. The van der Waals surface area contributed by atoms with E-state index >= 15 is 0 Å². The van der Waals surface area contributed by atoms with Gasteiger partial charge in [0.05, 0.1) is 12.2 Å². The molecule has 14 heteroatoms. The van der Waals surface area contributed by atoms with Crippen LogP contribution in [-0.4, -0.2) is 97.1 Å². The highest BCUT2D eigenvalue weighted by Crippen LogP contribution is 2.22. The summed E-state index contributed by atoms with van der Waals surface area (Å²) in [6.45, 7) is 1.41. The van der Waals surface area contributed by atoms with Crippen molar-refractivity contribution in [2.75, 3.05) is 12.3 Å². The minimum Gasteiger partial charge on any atom is -0.481 e. The zero-order valence-corrected chi connectivity index (χ0v) is 25.9. The number of nitrogens with two attached hydrogens (primary N) is 1. The molecule has 0 fully saturated rings. The fraction of sp³-hybridized carbons (Fsp3) is 0.567. The van der Waals surface area contributed by atoms with Gasteiger partial charge in [-0.25, -0.2) is 0 Å². The molecule has 0 aliphatic heterocycles. The fourth-order valence-corrected chi connectivity index (χ4v) is 4.81. The second-order valence-corrected chi connectivity index (χ2v) is 11.2. The average molecular weight is 642 g/mol. The Hall–Kier alpha value is -3.46. The van der Waals surface area contributed by atoms with Crippen LogP contribution in [0, 0.1) is 0 Å². The summed E-state index contributed by atoms with van der Waals surface area (Å²) in [6, 6.07) is -2.48. The fourth-order valence-electron chi connectivity index (χ4n) is 3.60. The number of carbonyl (C=O) groups is 5. The van der Waals surface area contributed by atoms with Crippen molar-refractivity contribution in [1.29, 1.82) is 0 Å². The molecule has 0 aliphatic carbocycles. The zero-order valence-electron chi connectivity index (χ0n) is 25.0. The first kappa shape index (κ1) is 40.5. The number of aliphatic carboxylic acids is 3. The van der Waals surface area contributed by atoms with Crippen molar-refractivity contribution in [1.82, 2.24) is 10.6 Å². The van der Waals surface area contributed by atoms with Gasteiger partial charge in [-0.2, -0.15) is 0 Å². The molecule has 0 bridgehead atoms. The molecule has 0 saturated carbocycles. The Kier molecular flexibility index (Phi) is 23.0. The van der Waals surface area contributed by atoms with Crippen LogP contribution in [0.3, 0.4) is 0 Å². The van der Waals surface area contributed by atoms with Gasteiger partial charge in [0, 0.05) is 23.8 Å². The summed E-state index contributed by atoms with van der Waals surface area (Å²) in [4.78, 5) is 57.8. The molecule has 0 aromatic rings. The van der Waals surface area contributed by atoms with E-state index in [4.69, 9.17) is 21.1 Å². The van der Waals surface area contributed by atoms with E-state index in [0.717, 1.165) is 31.0 Å². The third-order valence-electron chi connectivity index (χ3n) is 6.08. The number of nitrogens with one attached hydrogen (secondary N) is 2. The maximum atomic E-state index is 12.6. The first-order chi connectivity index (χ1) is 20.9. The number of hydrogen-bond acceptors (Lipinski definition) is 9. The van der Waals surface area contributed by atoms with Gasteiger partial charge < -0.3 is 41.9 Å². The van der Waals surface area contributed by atoms with Crippen LogP contribution in [0.25, 0.3) is 0 Å². The van der Waals surface area contributed by atoms with Gasteiger partial charge in [-0.05, 0) is 25.7 Å². The third-order valence-corrected chi connectivity index (χ3v) is 7.47. The van der Waals surface area contributed by atoms with E-state index in [0.29, 0.717) is 6.42 Å². The molecule has 0 aromatic heterocycles. The molecule has 5 atom stereocenters. The highest BCUT2D eigenvalue weighted by molar-refractivity contribution is 8.00. The van der Waals surface area contributed by atoms with Crippen LogP contribution in [0.1, 0.15) is 64.7 Å². The Balaban J connectivity index is 5.45. The minimum atomic E-state index is -1.29. The van der Waals surface area contributed by atoms with Crippen LogP contribution in [0.5, 0.6) is 0 Å². The normalized spacial score (nSPS) is 15.4. The van der Waals surface area contributed by atoms with Crippen molar-refractivity contribution in [3.63, 3.8) is 0 Å². The molecule has 0 saturated heterocycles. The Labute approximate surface area is 262 Å². The van der Waals surface area contributed by atoms with Gasteiger partial charge in [0.25, 0.3) is 0 Å². The Bertz CT molecular complexity index is 1020. The van der Waals surface area contributed by atoms with Crippen LogP contribution in [0.15, 0.2) is 48.6 Å². The molecule has 1 unspecified atom stereocenters. The van der Waals surface area contributed by atoms with E-state index in [1.54, 1.807) is 48.6 Å². The Morgan fingerprint density at radius 3 is 2.02 bits per heavy atom. The molecule has 9 N–H and O–H groups in total. The Morgan fingerprint density at radius 1 is 0.795 bits per heavy atom. The molecule has 0 rings (SSSR count). The summed E-state index contributed by atoms with van der Waals surface area (Å²) in [5.41, 5.74) is 5.43. The maximum Gasteiger partial charge on any atom is 0.322 e. The first-order valence-corrected chi connectivity index (χ1v) is 15.6. The number of thioether (sulfide) groups is 1. The quantitative estimate of drug-likeness (QED) is 0.0526. The van der Waals surface area contributed by atoms with Gasteiger partial charge in [-0.1, -0.05) is 74.8 Å². The van der Waals surface area contributed by atoms with Crippen molar-refractivity contribution in [2.45, 2.75) is 94.3 Å². The molecule has 0 aliphatic rings. The molecule has 248 valence electrons. The zero-order chi connectivity index (χ0) is 33.3. The number of allylic oxidation sites excluding steroid dienone is 6. The molecule has 44 heavy (non-hydrogen) atoms. The molecule has 13 nitrogen and oxygen atoms in total. The van der Waals surface area contributed by atoms with Crippen molar-refractivity contribution >= 4 is 41.5 Å². The summed E-state index contributed by atoms with van der Waals surface area (Å²) in [7, 11) is 0. The monoisotopic (exact) mass is 641 g/mol. The lowest BCUT2D eigenvalue weighted by Gasteiger charge is -2.23. The van der Waals surface area contributed by atoms with Crippen LogP contribution < -0.4 is 16.4 Å². The second kappa shape index (κ2) is 24.9. The third kappa shape index (κ3) is 22.1. The van der Waals surface area contributed by atoms with Crippen LogP contribution in [0.2, 0.25) is 0 Å². The lowest BCUT2D eigenvalue weighted by atomic mass is 10.1. The maximum absolute atomic E-state index is 12.6. The van der Waals surface area contributed by atoms with Gasteiger partial charge in [0.2, 0.25) is 11.8 Å². The molecular formula is C30H47N3O10S. The standard InChI is InChI=1S/C30H47N3O10S/c1-2-3-8-12-21(34)13-9-6-4-5-7-10-15-25(24(35)14-11-16-27(37)38)44-20-23(29(41)32-19-28(39)40)33-26(36)18-17-22(31)30(42)43/h4-7,9-10,13,15,21-25,34-35H,2-3,8,11-12,14,16-20,31H2,1H3,(H,32,41)(H,33,36)(H,37,38)(H,39,40)(H,42,43)/b6-4+,7-5+,13-9+,15-10+/t21-,22?,23-,24-,25+/m0/s1. The van der Waals surface area contributed by atoms with Gasteiger partial charge >= 0.3 is 17.9 Å². The van der Waals surface area contributed by atoms with Crippen molar-refractivity contribution in [3.8, 4) is 0 Å². The van der Waals surface area contributed by atoms with E-state index in [1.165, 1.54) is 0 Å². The van der Waals surface area contributed by atoms with E-state index in [1.807, 2.05) is 0 Å². The largest absolute Gasteiger partial charge is 0.481 e. The summed E-state index contributed by atoms with van der Waals surface area (Å²) in [5.74, 6) is -5.11. The van der Waals surface area contributed by atoms with Crippen molar-refractivity contribution in [3.05, 3.63) is 48.6 Å². The van der Waals surface area contributed by atoms with E-state index in [9.17, 15) is 34.2 Å². The van der Waals surface area contributed by atoms with Crippen molar-refractivity contribution < 1.29 is 49.5 Å². The lowest BCUT2D eigenvalue weighted by molar-refractivity contribution is -0.139. The van der Waals surface area contributed by atoms with Crippen LogP contribution in [-0.2, 0) is 24.0 Å². The smallest absolute Gasteiger partial charge is 0.322 e. The number of amides is 2. The van der Waals surface area contributed by atoms with E-state index in [2.05, 4.69) is 17.6 Å². The highest BCUT2D eigenvalue weighted by Gasteiger charge is 2.25. The topological polar surface area (TPSA) is 237 Å². The SMILES string of the molecule is CCCCC[C@H](O)/C=C/C=C/C=C/C=C/[C@@H](SC[C@H](NC(=O)CCC(N)C(=O)O)C(=O)NCC(=O)O)[C@@H](O)CCCC(=O)O. The minimum absolute atomic E-state index is 0.0812. The number of aliphatic hydroxyl groups excluding tert-OH is 2. The number of aliphatic hydroxyl groups is 2. The highest BCUT2D eigenvalue weighted by atomic mass is 32.2. The molecule has 0 spiro atoms. The van der Waals surface area contributed by atoms with Crippen LogP contribution >= 0.6 is 11.8 Å². The van der Waals surface area contributed by atoms with Gasteiger partial charge in [-0.15, -0.1) is 11.8 Å². The second-order valence-electron chi connectivity index (χ2n) is 9.97. The predicted molar refractivity (Wildman–Crippen MR) is 168 cm³/mol. The van der Waals surface area contributed by atoms with Gasteiger partial charge in [-0.3, -0.25) is 24.0 Å². The number of hydrogen-bond donors (Lipinski definition) is 8. The lowest BCUT2D eigenvalue weighted by Crippen LogP contribution is -2.50. The number of carbonyl (C=O) groups excluding carboxylic acids is 2. The average Bonchev–Trinajstić information content (AvgIpc) is 2.96. The van der Waals surface area contributed by atoms with Crippen molar-refractivity contribution in [2.24, 2.45) is 5.73 Å². The molecule has 0 radical (unpaired) electrons. The predicted octanol–water partition coefficient (Wildman–Crippen LogP) is 1.75. The molecule has 0 heterocycles. The molecule has 2 amide bonds. The summed E-state index contributed by atoms with van der Waals surface area (Å²) in [5, 5.41) is 51.4. The van der Waals surface area contributed by atoms with Gasteiger partial charge in [0.15, 0.2) is 0 Å². The first-order valence-electron chi connectivity index (χ1n) is 14.5. The van der Waals surface area contributed by atoms with Gasteiger partial charge in [0.1, 0.15) is 18.6 Å². The number of carboxylic acids is 3. The number of carboxylic acid groups (broad SMARTS) is 3. The summed E-state index contributed by atoms with van der Waals surface area (Å²) < 4.78 is 0. The number of rotatable bonds is 25. The van der Waals surface area contributed by atoms with Crippen LogP contribution in [0.4, 0.5) is 0 Å². The summed E-state index contributed by atoms with van der Waals surface area (Å²) >= 11 is 1.10. The summed E-state index contributed by atoms with van der Waals surface area (Å²) in [6.07, 6.45) is 15.8. The van der Waals surface area contributed by atoms with E-state index < -0.39 is 65.8 Å². The molecular weight excluding hydrogens is 594 g/mol. The molecule has 0 aromatic carbocycles. The number of unbranched alkanes of at least 4 members (excludes halogenated alkanes) is 2.